The van der Waals surface area contributed by atoms with Gasteiger partial charge in [-0.1, -0.05) is 5.16 Å². The van der Waals surface area contributed by atoms with E-state index in [1.54, 1.807) is 46.7 Å². The number of carbonyl (C=O) groups is 1. The van der Waals surface area contributed by atoms with E-state index >= 15 is 0 Å². The molecule has 0 aliphatic rings. The quantitative estimate of drug-likeness (QED) is 0.566. The molecule has 0 saturated heterocycles. The van der Waals surface area contributed by atoms with E-state index in [0.29, 0.717) is 23.2 Å². The minimum atomic E-state index is -0.154. The van der Waals surface area contributed by atoms with Gasteiger partial charge in [0.25, 0.3) is 5.89 Å². The molecule has 0 saturated carbocycles. The fourth-order valence-electron chi connectivity index (χ4n) is 2.38. The summed E-state index contributed by atoms with van der Waals surface area (Å²) < 4.78 is 8.50. The Hall–Kier alpha value is -3.56. The zero-order valence-electron chi connectivity index (χ0n) is 13.3. The standard InChI is InChI=1S/C15H14N8O2/c1-10-18-15(25-21-10)11-3-6-23-12(7-11)19-20-13(23)8-16-14(24)9-22-5-2-4-17-22/h2-7H,8-9H2,1H3,(H,16,24). The minimum absolute atomic E-state index is 0.154. The summed E-state index contributed by atoms with van der Waals surface area (Å²) in [6.45, 7) is 2.18. The predicted octanol–water partition coefficient (Wildman–Crippen LogP) is 0.601. The summed E-state index contributed by atoms with van der Waals surface area (Å²) in [4.78, 5) is 16.1. The highest BCUT2D eigenvalue weighted by Gasteiger charge is 2.11. The number of nitrogens with zero attached hydrogens (tertiary/aromatic N) is 7. The van der Waals surface area contributed by atoms with Crippen LogP contribution in [0.5, 0.6) is 0 Å². The molecule has 10 nitrogen and oxygen atoms in total. The zero-order chi connectivity index (χ0) is 17.2. The number of carbonyl (C=O) groups excluding carboxylic acids is 1. The summed E-state index contributed by atoms with van der Waals surface area (Å²) in [5.41, 5.74) is 1.39. The number of fused-ring (bicyclic) bond motifs is 1. The maximum atomic E-state index is 11.9. The molecular formula is C15H14N8O2. The topological polar surface area (TPSA) is 116 Å². The van der Waals surface area contributed by atoms with Gasteiger partial charge in [0.15, 0.2) is 17.3 Å². The van der Waals surface area contributed by atoms with Crippen LogP contribution in [0.3, 0.4) is 0 Å². The van der Waals surface area contributed by atoms with Crippen LogP contribution >= 0.6 is 0 Å². The van der Waals surface area contributed by atoms with E-state index in [1.165, 1.54) is 0 Å². The first kappa shape index (κ1) is 15.0. The number of hydrogen-bond acceptors (Lipinski definition) is 7. The smallest absolute Gasteiger partial charge is 0.258 e. The largest absolute Gasteiger partial charge is 0.347 e. The zero-order valence-corrected chi connectivity index (χ0v) is 13.3. The van der Waals surface area contributed by atoms with Gasteiger partial charge in [-0.2, -0.15) is 10.1 Å². The van der Waals surface area contributed by atoms with E-state index in [9.17, 15) is 4.79 Å². The van der Waals surface area contributed by atoms with Crippen LogP contribution in [0.2, 0.25) is 0 Å². The molecular weight excluding hydrogens is 324 g/mol. The van der Waals surface area contributed by atoms with Crippen molar-refractivity contribution in [1.29, 1.82) is 0 Å². The summed E-state index contributed by atoms with van der Waals surface area (Å²) in [6.07, 6.45) is 5.16. The number of aryl methyl sites for hydroxylation is 1. The molecule has 0 fully saturated rings. The fourth-order valence-corrected chi connectivity index (χ4v) is 2.38. The van der Waals surface area contributed by atoms with E-state index in [-0.39, 0.29) is 19.0 Å². The monoisotopic (exact) mass is 338 g/mol. The second-order valence-electron chi connectivity index (χ2n) is 5.39. The van der Waals surface area contributed by atoms with Crippen LogP contribution in [0.1, 0.15) is 11.6 Å². The second-order valence-corrected chi connectivity index (χ2v) is 5.39. The Kier molecular flexibility index (Phi) is 3.69. The number of hydrogen-bond donors (Lipinski definition) is 1. The van der Waals surface area contributed by atoms with Crippen LogP contribution in [-0.2, 0) is 17.9 Å². The van der Waals surface area contributed by atoms with Gasteiger partial charge in [-0.3, -0.25) is 13.9 Å². The van der Waals surface area contributed by atoms with Crippen molar-refractivity contribution in [2.24, 2.45) is 0 Å². The van der Waals surface area contributed by atoms with E-state index in [2.05, 4.69) is 30.8 Å². The Labute approximate surface area is 141 Å². The summed E-state index contributed by atoms with van der Waals surface area (Å²) in [5.74, 6) is 1.46. The van der Waals surface area contributed by atoms with Crippen LogP contribution in [0.4, 0.5) is 0 Å². The van der Waals surface area contributed by atoms with E-state index in [4.69, 9.17) is 4.52 Å². The molecule has 0 aromatic carbocycles. The molecule has 1 N–H and O–H groups in total. The van der Waals surface area contributed by atoms with Crippen molar-refractivity contribution in [3.63, 3.8) is 0 Å². The SMILES string of the molecule is Cc1noc(-c2ccn3c(CNC(=O)Cn4cccn4)nnc3c2)n1. The third-order valence-electron chi connectivity index (χ3n) is 3.56. The number of nitrogens with one attached hydrogen (secondary N) is 1. The van der Waals surface area contributed by atoms with Crippen molar-refractivity contribution in [3.05, 3.63) is 48.4 Å². The first-order valence-electron chi connectivity index (χ1n) is 7.57. The Morgan fingerprint density at radius 3 is 3.00 bits per heavy atom. The van der Waals surface area contributed by atoms with Gasteiger partial charge in [0.05, 0.1) is 6.54 Å². The van der Waals surface area contributed by atoms with Gasteiger partial charge in [-0.25, -0.2) is 0 Å². The first-order chi connectivity index (χ1) is 12.2. The van der Waals surface area contributed by atoms with Gasteiger partial charge in [0.2, 0.25) is 5.91 Å². The molecule has 0 bridgehead atoms. The third-order valence-corrected chi connectivity index (χ3v) is 3.56. The molecule has 4 heterocycles. The molecule has 0 aliphatic carbocycles. The molecule has 0 radical (unpaired) electrons. The Bertz CT molecular complexity index is 1020. The van der Waals surface area contributed by atoms with Crippen LogP contribution in [0.15, 0.2) is 41.3 Å². The van der Waals surface area contributed by atoms with E-state index in [1.807, 2.05) is 6.07 Å². The summed E-state index contributed by atoms with van der Waals surface area (Å²) in [5, 5.41) is 18.8. The fraction of sp³-hybridized carbons (Fsp3) is 0.200. The number of pyridine rings is 1. The third kappa shape index (κ3) is 3.09. The summed E-state index contributed by atoms with van der Waals surface area (Å²) >= 11 is 0. The van der Waals surface area contributed by atoms with Crippen molar-refractivity contribution < 1.29 is 9.32 Å². The Balaban J connectivity index is 1.48. The van der Waals surface area contributed by atoms with Crippen LogP contribution < -0.4 is 5.32 Å². The second kappa shape index (κ2) is 6.15. The summed E-state index contributed by atoms with van der Waals surface area (Å²) in [7, 11) is 0. The maximum absolute atomic E-state index is 11.9. The lowest BCUT2D eigenvalue weighted by molar-refractivity contribution is -0.122. The van der Waals surface area contributed by atoms with E-state index in [0.717, 1.165) is 5.56 Å². The Morgan fingerprint density at radius 2 is 2.24 bits per heavy atom. The molecule has 0 unspecified atom stereocenters. The minimum Gasteiger partial charge on any atom is -0.347 e. The highest BCUT2D eigenvalue weighted by molar-refractivity contribution is 5.75. The maximum Gasteiger partial charge on any atom is 0.258 e. The van der Waals surface area contributed by atoms with Crippen molar-refractivity contribution >= 4 is 11.6 Å². The number of amides is 1. The first-order valence-corrected chi connectivity index (χ1v) is 7.57. The van der Waals surface area contributed by atoms with Crippen molar-refractivity contribution in [2.75, 3.05) is 0 Å². The molecule has 1 amide bonds. The molecule has 25 heavy (non-hydrogen) atoms. The van der Waals surface area contributed by atoms with Gasteiger partial charge in [0, 0.05) is 24.2 Å². The molecule has 4 aromatic heterocycles. The highest BCUT2D eigenvalue weighted by Crippen LogP contribution is 2.18. The molecule has 126 valence electrons. The van der Waals surface area contributed by atoms with Crippen molar-refractivity contribution in [1.82, 2.24) is 39.8 Å². The number of rotatable bonds is 5. The molecule has 0 atom stereocenters. The molecule has 0 spiro atoms. The van der Waals surface area contributed by atoms with Gasteiger partial charge < -0.3 is 9.84 Å². The van der Waals surface area contributed by atoms with Crippen LogP contribution in [0.25, 0.3) is 17.1 Å². The summed E-state index contributed by atoms with van der Waals surface area (Å²) in [6, 6.07) is 5.40. The lowest BCUT2D eigenvalue weighted by Crippen LogP contribution is -2.28. The lowest BCUT2D eigenvalue weighted by atomic mass is 10.2. The lowest BCUT2D eigenvalue weighted by Gasteiger charge is -2.04. The molecule has 10 heteroatoms. The average molecular weight is 338 g/mol. The average Bonchev–Trinajstić information content (AvgIpc) is 3.33. The Morgan fingerprint density at radius 1 is 1.32 bits per heavy atom. The van der Waals surface area contributed by atoms with Gasteiger partial charge in [0.1, 0.15) is 6.54 Å². The van der Waals surface area contributed by atoms with Crippen LogP contribution in [-0.4, -0.2) is 40.4 Å². The molecule has 4 rings (SSSR count). The van der Waals surface area contributed by atoms with E-state index < -0.39 is 0 Å². The normalized spacial score (nSPS) is 11.1. The molecule has 0 aliphatic heterocycles. The van der Waals surface area contributed by atoms with Gasteiger partial charge >= 0.3 is 0 Å². The van der Waals surface area contributed by atoms with Crippen molar-refractivity contribution in [3.8, 4) is 11.5 Å². The van der Waals surface area contributed by atoms with Gasteiger partial charge in [-0.15, -0.1) is 10.2 Å². The van der Waals surface area contributed by atoms with Gasteiger partial charge in [-0.05, 0) is 25.1 Å². The van der Waals surface area contributed by atoms with Crippen molar-refractivity contribution in [2.45, 2.75) is 20.0 Å². The number of aromatic nitrogens is 7. The highest BCUT2D eigenvalue weighted by atomic mass is 16.5. The predicted molar refractivity (Wildman–Crippen MR) is 85.1 cm³/mol. The van der Waals surface area contributed by atoms with Crippen LogP contribution in [0, 0.1) is 6.92 Å². The molecule has 4 aromatic rings.